The molecule has 2 aromatic carbocycles. The molecule has 0 saturated carbocycles. The Hall–Kier alpha value is -3.23. The van der Waals surface area contributed by atoms with Gasteiger partial charge in [-0.1, -0.05) is 17.3 Å². The predicted octanol–water partition coefficient (Wildman–Crippen LogP) is 4.45. The van der Waals surface area contributed by atoms with E-state index in [4.69, 9.17) is 4.52 Å². The van der Waals surface area contributed by atoms with Crippen molar-refractivity contribution in [1.82, 2.24) is 10.1 Å². The minimum atomic E-state index is -4.44. The molecule has 1 N–H and O–H groups in total. The van der Waals surface area contributed by atoms with Crippen LogP contribution in [-0.2, 0) is 17.4 Å². The highest BCUT2D eigenvalue weighted by molar-refractivity contribution is 5.94. The van der Waals surface area contributed by atoms with Crippen molar-refractivity contribution in [2.75, 3.05) is 5.32 Å². The summed E-state index contributed by atoms with van der Waals surface area (Å²) < 4.78 is 57.4. The zero-order chi connectivity index (χ0) is 19.2. The van der Waals surface area contributed by atoms with Crippen molar-refractivity contribution >= 4 is 11.6 Å². The van der Waals surface area contributed by atoms with Crippen LogP contribution in [0.25, 0.3) is 22.8 Å². The van der Waals surface area contributed by atoms with Crippen molar-refractivity contribution in [3.8, 4) is 22.8 Å². The summed E-state index contributed by atoms with van der Waals surface area (Å²) in [6.45, 7) is 0. The number of aromatic nitrogens is 2. The van der Waals surface area contributed by atoms with Crippen LogP contribution in [0.3, 0.4) is 0 Å². The molecule has 0 radical (unpaired) electrons. The monoisotopic (exact) mass is 377 g/mol. The number of halogens is 4. The first-order chi connectivity index (χ1) is 12.8. The number of amides is 1. The van der Waals surface area contributed by atoms with Gasteiger partial charge in [-0.25, -0.2) is 4.39 Å². The van der Waals surface area contributed by atoms with Gasteiger partial charge >= 0.3 is 6.18 Å². The predicted molar refractivity (Wildman–Crippen MR) is 87.1 cm³/mol. The van der Waals surface area contributed by atoms with Gasteiger partial charge in [-0.05, 0) is 36.2 Å². The highest BCUT2D eigenvalue weighted by atomic mass is 19.4. The molecule has 0 bridgehead atoms. The number of nitrogens with one attached hydrogen (secondary N) is 1. The molecule has 4 rings (SSSR count). The fourth-order valence-corrected chi connectivity index (χ4v) is 2.82. The van der Waals surface area contributed by atoms with Gasteiger partial charge in [0.25, 0.3) is 5.89 Å². The first-order valence-corrected chi connectivity index (χ1v) is 7.95. The van der Waals surface area contributed by atoms with E-state index in [-0.39, 0.29) is 23.2 Å². The van der Waals surface area contributed by atoms with Crippen LogP contribution in [0.2, 0.25) is 0 Å². The number of benzene rings is 2. The van der Waals surface area contributed by atoms with Gasteiger partial charge in [-0.2, -0.15) is 18.2 Å². The van der Waals surface area contributed by atoms with Gasteiger partial charge in [0.15, 0.2) is 0 Å². The van der Waals surface area contributed by atoms with E-state index in [1.807, 2.05) is 0 Å². The zero-order valence-electron chi connectivity index (χ0n) is 13.6. The molecule has 1 aromatic heterocycles. The van der Waals surface area contributed by atoms with Gasteiger partial charge in [0.05, 0.1) is 11.1 Å². The van der Waals surface area contributed by atoms with Crippen LogP contribution < -0.4 is 5.32 Å². The maximum atomic E-state index is 14.4. The number of carbonyl (C=O) groups is 1. The highest BCUT2D eigenvalue weighted by Gasteiger charge is 2.30. The Balaban J connectivity index is 1.66. The maximum Gasteiger partial charge on any atom is 0.416 e. The second-order valence-electron chi connectivity index (χ2n) is 6.04. The molecule has 0 fully saturated rings. The van der Waals surface area contributed by atoms with E-state index in [0.717, 1.165) is 17.7 Å². The van der Waals surface area contributed by atoms with Crippen LogP contribution in [0.5, 0.6) is 0 Å². The summed E-state index contributed by atoms with van der Waals surface area (Å²) in [7, 11) is 0. The van der Waals surface area contributed by atoms with Crippen LogP contribution >= 0.6 is 0 Å². The molecule has 0 aliphatic carbocycles. The summed E-state index contributed by atoms with van der Waals surface area (Å²) in [6.07, 6.45) is -3.70. The van der Waals surface area contributed by atoms with Crippen LogP contribution in [-0.4, -0.2) is 16.0 Å². The van der Waals surface area contributed by atoms with Crippen LogP contribution in [0.1, 0.15) is 17.5 Å². The fourth-order valence-electron chi connectivity index (χ4n) is 2.82. The van der Waals surface area contributed by atoms with E-state index >= 15 is 0 Å². The zero-order valence-corrected chi connectivity index (χ0v) is 13.6. The molecule has 0 spiro atoms. The van der Waals surface area contributed by atoms with Gasteiger partial charge in [0.1, 0.15) is 5.82 Å². The summed E-state index contributed by atoms with van der Waals surface area (Å²) in [6, 6.07) is 6.96. The highest BCUT2D eigenvalue weighted by Crippen LogP contribution is 2.33. The molecule has 138 valence electrons. The number of carbonyl (C=O) groups excluding carboxylic acids is 1. The number of fused-ring (bicyclic) bond motifs is 1. The first-order valence-electron chi connectivity index (χ1n) is 7.95. The topological polar surface area (TPSA) is 68.0 Å². The Kier molecular flexibility index (Phi) is 3.94. The van der Waals surface area contributed by atoms with Crippen molar-refractivity contribution in [2.24, 2.45) is 0 Å². The number of hydrogen-bond donors (Lipinski definition) is 1. The third-order valence-electron chi connectivity index (χ3n) is 4.22. The number of aryl methyl sites for hydroxylation is 1. The van der Waals surface area contributed by atoms with E-state index in [2.05, 4.69) is 15.5 Å². The third kappa shape index (κ3) is 3.27. The first kappa shape index (κ1) is 17.2. The SMILES string of the molecule is O=C1CCc2cc(-c3nc(-c4ccc(C(F)(F)F)cc4)no3)c(F)cc2N1. The Morgan fingerprint density at radius 2 is 1.81 bits per heavy atom. The minimum Gasteiger partial charge on any atom is -0.334 e. The third-order valence-corrected chi connectivity index (χ3v) is 4.22. The van der Waals surface area contributed by atoms with E-state index in [1.165, 1.54) is 24.3 Å². The molecule has 3 aromatic rings. The molecule has 1 aliphatic rings. The molecular formula is C18H11F4N3O2. The lowest BCUT2D eigenvalue weighted by atomic mass is 10.00. The quantitative estimate of drug-likeness (QED) is 0.670. The average Bonchev–Trinajstić information content (AvgIpc) is 3.10. The molecule has 1 aliphatic heterocycles. The second-order valence-corrected chi connectivity index (χ2v) is 6.04. The molecule has 9 heteroatoms. The summed E-state index contributed by atoms with van der Waals surface area (Å²) in [4.78, 5) is 15.5. The van der Waals surface area contributed by atoms with Crippen LogP contribution in [0.15, 0.2) is 40.9 Å². The lowest BCUT2D eigenvalue weighted by molar-refractivity contribution is -0.137. The van der Waals surface area contributed by atoms with Crippen LogP contribution in [0, 0.1) is 5.82 Å². The molecule has 0 unspecified atom stereocenters. The molecule has 0 saturated heterocycles. The van der Waals surface area contributed by atoms with E-state index in [0.29, 0.717) is 24.1 Å². The van der Waals surface area contributed by atoms with Crippen molar-refractivity contribution in [2.45, 2.75) is 19.0 Å². The molecule has 5 nitrogen and oxygen atoms in total. The normalized spacial score (nSPS) is 14.0. The van der Waals surface area contributed by atoms with E-state index in [1.54, 1.807) is 0 Å². The average molecular weight is 377 g/mol. The van der Waals surface area contributed by atoms with Gasteiger partial charge in [-0.15, -0.1) is 0 Å². The minimum absolute atomic E-state index is 0.0455. The van der Waals surface area contributed by atoms with Crippen LogP contribution in [0.4, 0.5) is 23.2 Å². The summed E-state index contributed by atoms with van der Waals surface area (Å²) in [5.41, 5.74) is 0.715. The molecule has 27 heavy (non-hydrogen) atoms. The van der Waals surface area contributed by atoms with E-state index < -0.39 is 17.6 Å². The Morgan fingerprint density at radius 1 is 1.07 bits per heavy atom. The van der Waals surface area contributed by atoms with Crippen molar-refractivity contribution in [3.05, 3.63) is 53.3 Å². The Bertz CT molecular complexity index is 1030. The summed E-state index contributed by atoms with van der Waals surface area (Å²) in [5.74, 6) is -0.887. The van der Waals surface area contributed by atoms with Gasteiger partial charge in [0.2, 0.25) is 11.7 Å². The fraction of sp³-hybridized carbons (Fsp3) is 0.167. The maximum absolute atomic E-state index is 14.4. The van der Waals surface area contributed by atoms with Gasteiger partial charge in [-0.3, -0.25) is 4.79 Å². The number of alkyl halides is 3. The summed E-state index contributed by atoms with van der Waals surface area (Å²) >= 11 is 0. The van der Waals surface area contributed by atoms with Gasteiger partial charge in [0, 0.05) is 17.7 Å². The van der Waals surface area contributed by atoms with Gasteiger partial charge < -0.3 is 9.84 Å². The van der Waals surface area contributed by atoms with Crippen molar-refractivity contribution in [1.29, 1.82) is 0 Å². The van der Waals surface area contributed by atoms with Crippen molar-refractivity contribution in [3.63, 3.8) is 0 Å². The smallest absolute Gasteiger partial charge is 0.334 e. The second kappa shape index (κ2) is 6.19. The largest absolute Gasteiger partial charge is 0.416 e. The number of hydrogen-bond acceptors (Lipinski definition) is 4. The lowest BCUT2D eigenvalue weighted by Crippen LogP contribution is -2.19. The standard InChI is InChI=1S/C18H11F4N3O2/c19-13-8-14-10(3-6-15(26)23-14)7-12(13)17-24-16(25-27-17)9-1-4-11(5-2-9)18(20,21)22/h1-2,4-5,7-8H,3,6H2,(H,23,26). The Labute approximate surface area is 150 Å². The molecule has 1 amide bonds. The van der Waals surface area contributed by atoms with Crippen molar-refractivity contribution < 1.29 is 26.9 Å². The number of anilines is 1. The molecule has 2 heterocycles. The summed E-state index contributed by atoms with van der Waals surface area (Å²) in [5, 5.41) is 6.31. The number of nitrogens with zero attached hydrogens (tertiary/aromatic N) is 2. The molecular weight excluding hydrogens is 366 g/mol. The number of rotatable bonds is 2. The Morgan fingerprint density at radius 3 is 2.52 bits per heavy atom. The molecule has 0 atom stereocenters. The lowest BCUT2D eigenvalue weighted by Gasteiger charge is -2.17. The van der Waals surface area contributed by atoms with E-state index in [9.17, 15) is 22.4 Å².